The fourth-order valence-corrected chi connectivity index (χ4v) is 2.21. The second-order valence-electron chi connectivity index (χ2n) is 4.56. The highest BCUT2D eigenvalue weighted by Gasteiger charge is 2.09. The summed E-state index contributed by atoms with van der Waals surface area (Å²) < 4.78 is 0. The molecule has 1 atom stereocenters. The number of aliphatic hydroxyl groups excluding tert-OH is 1. The summed E-state index contributed by atoms with van der Waals surface area (Å²) in [5.74, 6) is 0.737. The molecule has 0 saturated carbocycles. The van der Waals surface area contributed by atoms with Gasteiger partial charge in [0.2, 0.25) is 5.91 Å². The van der Waals surface area contributed by atoms with Crippen molar-refractivity contribution >= 4 is 17.7 Å². The van der Waals surface area contributed by atoms with Crippen LogP contribution in [0.4, 0.5) is 0 Å². The van der Waals surface area contributed by atoms with E-state index in [9.17, 15) is 9.90 Å². The van der Waals surface area contributed by atoms with E-state index in [2.05, 4.69) is 10.3 Å². The molecule has 0 aliphatic rings. The predicted molar refractivity (Wildman–Crippen MR) is 73.4 cm³/mol. The van der Waals surface area contributed by atoms with Crippen molar-refractivity contribution in [3.63, 3.8) is 0 Å². The molecule has 1 heterocycles. The second kappa shape index (κ2) is 8.11. The molecule has 1 aromatic rings. The molecule has 0 aliphatic heterocycles. The molecule has 0 aromatic carbocycles. The monoisotopic (exact) mass is 268 g/mol. The minimum Gasteiger partial charge on any atom is -0.391 e. The van der Waals surface area contributed by atoms with E-state index in [1.165, 1.54) is 11.8 Å². The van der Waals surface area contributed by atoms with Crippen LogP contribution in [0.25, 0.3) is 0 Å². The zero-order chi connectivity index (χ0) is 13.4. The lowest BCUT2D eigenvalue weighted by Gasteiger charge is -2.13. The summed E-state index contributed by atoms with van der Waals surface area (Å²) in [6.45, 7) is 4.42. The third kappa shape index (κ3) is 6.61. The molecule has 5 heteroatoms. The zero-order valence-electron chi connectivity index (χ0n) is 10.8. The standard InChI is InChI=1S/C13H20N2O2S/c1-10(2)7-11(16)8-15-13(17)9-18-12-3-5-14-6-4-12/h3-6,10-11,16H,7-9H2,1-2H3,(H,15,17). The first-order valence-corrected chi connectivity index (χ1v) is 7.04. The quantitative estimate of drug-likeness (QED) is 0.739. The largest absolute Gasteiger partial charge is 0.391 e. The summed E-state index contributed by atoms with van der Waals surface area (Å²) in [4.78, 5) is 16.5. The highest BCUT2D eigenvalue weighted by molar-refractivity contribution is 8.00. The molecule has 0 spiro atoms. The van der Waals surface area contributed by atoms with Crippen molar-refractivity contribution in [3.05, 3.63) is 24.5 Å². The normalized spacial score (nSPS) is 12.4. The number of nitrogens with zero attached hydrogens (tertiary/aromatic N) is 1. The van der Waals surface area contributed by atoms with Crippen molar-refractivity contribution in [2.24, 2.45) is 5.92 Å². The Morgan fingerprint density at radius 3 is 2.72 bits per heavy atom. The van der Waals surface area contributed by atoms with Crippen LogP contribution < -0.4 is 5.32 Å². The van der Waals surface area contributed by atoms with E-state index < -0.39 is 6.10 Å². The van der Waals surface area contributed by atoms with Crippen molar-refractivity contribution in [1.29, 1.82) is 0 Å². The van der Waals surface area contributed by atoms with E-state index >= 15 is 0 Å². The SMILES string of the molecule is CC(C)CC(O)CNC(=O)CSc1ccncc1. The van der Waals surface area contributed by atoms with Gasteiger partial charge in [0, 0.05) is 23.8 Å². The highest BCUT2D eigenvalue weighted by atomic mass is 32.2. The number of thioether (sulfide) groups is 1. The number of nitrogens with one attached hydrogen (secondary N) is 1. The Kier molecular flexibility index (Phi) is 6.75. The molecule has 1 rings (SSSR count). The van der Waals surface area contributed by atoms with Gasteiger partial charge < -0.3 is 10.4 Å². The van der Waals surface area contributed by atoms with Crippen LogP contribution in [-0.2, 0) is 4.79 Å². The Morgan fingerprint density at radius 1 is 1.44 bits per heavy atom. The Morgan fingerprint density at radius 2 is 2.11 bits per heavy atom. The maximum atomic E-state index is 11.5. The zero-order valence-corrected chi connectivity index (χ0v) is 11.6. The van der Waals surface area contributed by atoms with Crippen LogP contribution >= 0.6 is 11.8 Å². The minimum absolute atomic E-state index is 0.0559. The van der Waals surface area contributed by atoms with Gasteiger partial charge in [-0.3, -0.25) is 9.78 Å². The molecule has 1 aromatic heterocycles. The summed E-state index contributed by atoms with van der Waals surface area (Å²) in [5.41, 5.74) is 0. The van der Waals surface area contributed by atoms with Crippen molar-refractivity contribution in [2.75, 3.05) is 12.3 Å². The molecule has 0 bridgehead atoms. The van der Waals surface area contributed by atoms with Crippen LogP contribution in [0.1, 0.15) is 20.3 Å². The van der Waals surface area contributed by atoms with Gasteiger partial charge in [0.25, 0.3) is 0 Å². The van der Waals surface area contributed by atoms with Crippen molar-refractivity contribution in [3.8, 4) is 0 Å². The average Bonchev–Trinajstić information content (AvgIpc) is 2.34. The number of carbonyl (C=O) groups excluding carboxylic acids is 1. The summed E-state index contributed by atoms with van der Waals surface area (Å²) in [6, 6.07) is 3.73. The van der Waals surface area contributed by atoms with Crippen molar-refractivity contribution in [1.82, 2.24) is 10.3 Å². The predicted octanol–water partition coefficient (Wildman–Crippen LogP) is 1.70. The lowest BCUT2D eigenvalue weighted by Crippen LogP contribution is -2.33. The molecule has 1 unspecified atom stereocenters. The topological polar surface area (TPSA) is 62.2 Å². The number of rotatable bonds is 7. The van der Waals surface area contributed by atoms with Crippen LogP contribution in [0.3, 0.4) is 0 Å². The van der Waals surface area contributed by atoms with E-state index in [-0.39, 0.29) is 5.91 Å². The summed E-state index contributed by atoms with van der Waals surface area (Å²) in [7, 11) is 0. The number of aromatic nitrogens is 1. The number of hydrogen-bond donors (Lipinski definition) is 2. The van der Waals surface area contributed by atoms with Gasteiger partial charge in [-0.15, -0.1) is 11.8 Å². The number of pyridine rings is 1. The molecule has 4 nitrogen and oxygen atoms in total. The average molecular weight is 268 g/mol. The molecule has 0 saturated heterocycles. The molecular weight excluding hydrogens is 248 g/mol. The number of carbonyl (C=O) groups is 1. The van der Waals surface area contributed by atoms with E-state index in [0.29, 0.717) is 24.6 Å². The van der Waals surface area contributed by atoms with Gasteiger partial charge in [-0.2, -0.15) is 0 Å². The molecule has 0 aliphatic carbocycles. The third-order valence-electron chi connectivity index (χ3n) is 2.30. The molecule has 18 heavy (non-hydrogen) atoms. The third-order valence-corrected chi connectivity index (χ3v) is 3.31. The number of hydrogen-bond acceptors (Lipinski definition) is 4. The highest BCUT2D eigenvalue weighted by Crippen LogP contribution is 2.15. The van der Waals surface area contributed by atoms with E-state index in [0.717, 1.165) is 4.90 Å². The molecule has 0 radical (unpaired) electrons. The first-order chi connectivity index (χ1) is 8.58. The Balaban J connectivity index is 2.18. The van der Waals surface area contributed by atoms with E-state index in [1.54, 1.807) is 12.4 Å². The molecule has 0 fully saturated rings. The maximum absolute atomic E-state index is 11.5. The Labute approximate surface area is 112 Å². The van der Waals surface area contributed by atoms with Crippen LogP contribution in [0, 0.1) is 5.92 Å². The smallest absolute Gasteiger partial charge is 0.230 e. The van der Waals surface area contributed by atoms with Crippen molar-refractivity contribution in [2.45, 2.75) is 31.3 Å². The first-order valence-electron chi connectivity index (χ1n) is 6.05. The van der Waals surface area contributed by atoms with Crippen LogP contribution in [-0.4, -0.2) is 34.4 Å². The van der Waals surface area contributed by atoms with Gasteiger partial charge >= 0.3 is 0 Å². The molecule has 2 N–H and O–H groups in total. The summed E-state index contributed by atoms with van der Waals surface area (Å²) in [5, 5.41) is 12.4. The first kappa shape index (κ1) is 15.0. The van der Waals surface area contributed by atoms with Gasteiger partial charge in [-0.25, -0.2) is 0 Å². The lowest BCUT2D eigenvalue weighted by atomic mass is 10.1. The summed E-state index contributed by atoms with van der Waals surface area (Å²) >= 11 is 1.46. The fourth-order valence-electron chi connectivity index (χ4n) is 1.49. The van der Waals surface area contributed by atoms with Gasteiger partial charge in [-0.1, -0.05) is 13.8 Å². The van der Waals surface area contributed by atoms with Gasteiger partial charge in [-0.05, 0) is 24.5 Å². The number of aliphatic hydroxyl groups is 1. The summed E-state index contributed by atoms with van der Waals surface area (Å²) in [6.07, 6.45) is 3.65. The fraction of sp³-hybridized carbons (Fsp3) is 0.538. The van der Waals surface area contributed by atoms with Gasteiger partial charge in [0.15, 0.2) is 0 Å². The maximum Gasteiger partial charge on any atom is 0.230 e. The van der Waals surface area contributed by atoms with Crippen LogP contribution in [0.15, 0.2) is 29.4 Å². The van der Waals surface area contributed by atoms with Crippen LogP contribution in [0.2, 0.25) is 0 Å². The Hall–Kier alpha value is -1.07. The Bertz CT molecular complexity index is 357. The molecular formula is C13H20N2O2S. The van der Waals surface area contributed by atoms with Crippen molar-refractivity contribution < 1.29 is 9.90 Å². The van der Waals surface area contributed by atoms with Gasteiger partial charge in [0.1, 0.15) is 0 Å². The van der Waals surface area contributed by atoms with Gasteiger partial charge in [0.05, 0.1) is 11.9 Å². The lowest BCUT2D eigenvalue weighted by molar-refractivity contribution is -0.119. The molecule has 100 valence electrons. The van der Waals surface area contributed by atoms with E-state index in [1.807, 2.05) is 26.0 Å². The minimum atomic E-state index is -0.458. The van der Waals surface area contributed by atoms with E-state index in [4.69, 9.17) is 0 Å². The molecule has 1 amide bonds. The number of amides is 1. The second-order valence-corrected chi connectivity index (χ2v) is 5.61. The van der Waals surface area contributed by atoms with Crippen LogP contribution in [0.5, 0.6) is 0 Å².